The number of benzene rings is 1. The van der Waals surface area contributed by atoms with E-state index < -0.39 is 6.80 Å². The molecule has 2 rings (SSSR count). The molecule has 0 saturated carbocycles. The Labute approximate surface area is 83.2 Å². The maximum atomic E-state index is 12.5. The summed E-state index contributed by atoms with van der Waals surface area (Å²) in [5.41, 5.74) is 1.29. The zero-order chi connectivity index (χ0) is 10.1. The average molecular weight is 191 g/mol. The third-order valence-corrected chi connectivity index (χ3v) is 2.53. The summed E-state index contributed by atoms with van der Waals surface area (Å²) >= 11 is 0. The topological polar surface area (TPSA) is 4.93 Å². The van der Waals surface area contributed by atoms with Crippen molar-refractivity contribution in [3.63, 3.8) is 0 Å². The third-order valence-electron chi connectivity index (χ3n) is 2.53. The zero-order valence-electron chi connectivity index (χ0n) is 8.50. The van der Waals surface area contributed by atoms with E-state index in [0.29, 0.717) is 5.92 Å². The van der Waals surface area contributed by atoms with Crippen LogP contribution in [-0.2, 0) is 6.80 Å². The average Bonchev–Trinajstić information content (AvgIpc) is 2.59. The SMILES string of the molecule is CC(C)c1cccc2cn(CF)cc12. The standard InChI is InChI=1S/C12H14FN/c1-9(2)11-5-3-4-10-6-14(8-13)7-12(10)11/h3-7,9H,8H2,1-2H3. The lowest BCUT2D eigenvalue weighted by Gasteiger charge is -2.05. The number of fused-ring (bicyclic) bond motifs is 1. The molecule has 0 bridgehead atoms. The van der Waals surface area contributed by atoms with Crippen molar-refractivity contribution >= 4 is 10.8 Å². The summed E-state index contributed by atoms with van der Waals surface area (Å²) in [6.07, 6.45) is 3.73. The highest BCUT2D eigenvalue weighted by atomic mass is 19.1. The molecule has 1 heterocycles. The predicted molar refractivity (Wildman–Crippen MR) is 57.1 cm³/mol. The minimum atomic E-state index is -0.452. The number of hydrogen-bond acceptors (Lipinski definition) is 0. The molecule has 0 spiro atoms. The van der Waals surface area contributed by atoms with Crippen molar-refractivity contribution in [2.24, 2.45) is 0 Å². The van der Waals surface area contributed by atoms with Gasteiger partial charge in [-0.2, -0.15) is 0 Å². The van der Waals surface area contributed by atoms with Crippen LogP contribution in [0.2, 0.25) is 0 Å². The summed E-state index contributed by atoms with van der Waals surface area (Å²) in [4.78, 5) is 0. The largest absolute Gasteiger partial charge is 0.325 e. The molecule has 1 aromatic heterocycles. The molecule has 0 unspecified atom stereocenters. The molecule has 1 aromatic carbocycles. The number of rotatable bonds is 2. The Morgan fingerprint density at radius 1 is 1.29 bits per heavy atom. The molecule has 0 aliphatic carbocycles. The molecule has 2 heteroatoms. The van der Waals surface area contributed by atoms with Crippen molar-refractivity contribution in [3.8, 4) is 0 Å². The molecular formula is C12H14FN. The van der Waals surface area contributed by atoms with Crippen LogP contribution in [0.25, 0.3) is 10.8 Å². The van der Waals surface area contributed by atoms with Crippen molar-refractivity contribution in [1.82, 2.24) is 4.57 Å². The minimum absolute atomic E-state index is 0.452. The van der Waals surface area contributed by atoms with Gasteiger partial charge in [-0.1, -0.05) is 32.0 Å². The van der Waals surface area contributed by atoms with Crippen LogP contribution in [0, 0.1) is 0 Å². The van der Waals surface area contributed by atoms with E-state index in [1.165, 1.54) is 10.9 Å². The summed E-state index contributed by atoms with van der Waals surface area (Å²) < 4.78 is 14.0. The van der Waals surface area contributed by atoms with Crippen LogP contribution in [0.4, 0.5) is 4.39 Å². The van der Waals surface area contributed by atoms with E-state index in [4.69, 9.17) is 0 Å². The van der Waals surface area contributed by atoms with Gasteiger partial charge in [-0.15, -0.1) is 0 Å². The Morgan fingerprint density at radius 3 is 2.71 bits per heavy atom. The first-order valence-electron chi connectivity index (χ1n) is 4.86. The maximum absolute atomic E-state index is 12.5. The molecule has 0 radical (unpaired) electrons. The minimum Gasteiger partial charge on any atom is -0.325 e. The third kappa shape index (κ3) is 1.41. The van der Waals surface area contributed by atoms with Crippen molar-refractivity contribution in [2.75, 3.05) is 0 Å². The first kappa shape index (κ1) is 9.25. The molecule has 0 aliphatic rings. The van der Waals surface area contributed by atoms with Crippen LogP contribution in [0.1, 0.15) is 25.3 Å². The van der Waals surface area contributed by atoms with E-state index in [-0.39, 0.29) is 0 Å². The highest BCUT2D eigenvalue weighted by Crippen LogP contribution is 2.25. The summed E-state index contributed by atoms with van der Waals surface area (Å²) in [5.74, 6) is 0.481. The lowest BCUT2D eigenvalue weighted by atomic mass is 9.99. The fourth-order valence-electron chi connectivity index (χ4n) is 1.82. The maximum Gasteiger partial charge on any atom is 0.165 e. The molecule has 0 saturated heterocycles. The van der Waals surface area contributed by atoms with E-state index in [1.54, 1.807) is 4.57 Å². The normalized spacial score (nSPS) is 11.4. The highest BCUT2D eigenvalue weighted by molar-refractivity contribution is 5.86. The second-order valence-electron chi connectivity index (χ2n) is 3.90. The van der Waals surface area contributed by atoms with Crippen molar-refractivity contribution in [3.05, 3.63) is 36.2 Å². The van der Waals surface area contributed by atoms with Gasteiger partial charge < -0.3 is 4.57 Å². The van der Waals surface area contributed by atoms with E-state index in [0.717, 1.165) is 5.39 Å². The molecule has 1 nitrogen and oxygen atoms in total. The molecule has 2 aromatic rings. The highest BCUT2D eigenvalue weighted by Gasteiger charge is 2.06. The molecular weight excluding hydrogens is 177 g/mol. The number of hydrogen-bond donors (Lipinski definition) is 0. The van der Waals surface area contributed by atoms with Crippen molar-refractivity contribution in [2.45, 2.75) is 26.6 Å². The molecule has 0 aliphatic heterocycles. The van der Waals surface area contributed by atoms with E-state index in [1.807, 2.05) is 24.5 Å². The lowest BCUT2D eigenvalue weighted by Crippen LogP contribution is -1.87. The molecule has 0 fully saturated rings. The Morgan fingerprint density at radius 2 is 2.07 bits per heavy atom. The monoisotopic (exact) mass is 191 g/mol. The summed E-state index contributed by atoms with van der Waals surface area (Å²) in [6.45, 7) is 3.86. The first-order chi connectivity index (χ1) is 6.72. The van der Waals surface area contributed by atoms with Gasteiger partial charge in [0.15, 0.2) is 6.80 Å². The van der Waals surface area contributed by atoms with Gasteiger partial charge in [0.1, 0.15) is 0 Å². The Hall–Kier alpha value is -1.31. The van der Waals surface area contributed by atoms with Gasteiger partial charge in [-0.25, -0.2) is 4.39 Å². The lowest BCUT2D eigenvalue weighted by molar-refractivity contribution is 0.379. The predicted octanol–water partition coefficient (Wildman–Crippen LogP) is 3.69. The van der Waals surface area contributed by atoms with Crippen LogP contribution < -0.4 is 0 Å². The summed E-state index contributed by atoms with van der Waals surface area (Å²) in [7, 11) is 0. The van der Waals surface area contributed by atoms with Gasteiger partial charge in [0.2, 0.25) is 0 Å². The van der Waals surface area contributed by atoms with E-state index in [9.17, 15) is 4.39 Å². The number of alkyl halides is 1. The van der Waals surface area contributed by atoms with Crippen LogP contribution in [-0.4, -0.2) is 4.57 Å². The molecule has 74 valence electrons. The Kier molecular flexibility index (Phi) is 2.28. The van der Waals surface area contributed by atoms with Crippen LogP contribution in [0.3, 0.4) is 0 Å². The smallest absolute Gasteiger partial charge is 0.165 e. The Bertz CT molecular complexity index is 443. The zero-order valence-corrected chi connectivity index (χ0v) is 8.50. The fraction of sp³-hybridized carbons (Fsp3) is 0.333. The molecule has 14 heavy (non-hydrogen) atoms. The van der Waals surface area contributed by atoms with E-state index >= 15 is 0 Å². The van der Waals surface area contributed by atoms with Gasteiger partial charge in [-0.05, 0) is 16.9 Å². The van der Waals surface area contributed by atoms with E-state index in [2.05, 4.69) is 19.9 Å². The molecule has 0 amide bonds. The number of nitrogens with zero attached hydrogens (tertiary/aromatic N) is 1. The molecule has 0 atom stereocenters. The van der Waals surface area contributed by atoms with Gasteiger partial charge in [0.05, 0.1) is 0 Å². The van der Waals surface area contributed by atoms with Gasteiger partial charge >= 0.3 is 0 Å². The van der Waals surface area contributed by atoms with Crippen LogP contribution in [0.5, 0.6) is 0 Å². The first-order valence-corrected chi connectivity index (χ1v) is 4.86. The number of aromatic nitrogens is 1. The van der Waals surface area contributed by atoms with Crippen LogP contribution >= 0.6 is 0 Å². The number of halogens is 1. The van der Waals surface area contributed by atoms with Crippen molar-refractivity contribution in [1.29, 1.82) is 0 Å². The van der Waals surface area contributed by atoms with Gasteiger partial charge in [0, 0.05) is 17.8 Å². The van der Waals surface area contributed by atoms with Gasteiger partial charge in [0.25, 0.3) is 0 Å². The quantitative estimate of drug-likeness (QED) is 0.682. The fourth-order valence-corrected chi connectivity index (χ4v) is 1.82. The Balaban J connectivity index is 2.66. The van der Waals surface area contributed by atoms with Gasteiger partial charge in [-0.3, -0.25) is 0 Å². The van der Waals surface area contributed by atoms with Crippen LogP contribution in [0.15, 0.2) is 30.6 Å². The summed E-state index contributed by atoms with van der Waals surface area (Å²) in [5, 5.41) is 2.29. The van der Waals surface area contributed by atoms with Crippen molar-refractivity contribution < 1.29 is 4.39 Å². The summed E-state index contributed by atoms with van der Waals surface area (Å²) in [6, 6.07) is 6.16. The second kappa shape index (κ2) is 3.45. The second-order valence-corrected chi connectivity index (χ2v) is 3.90. The molecule has 0 N–H and O–H groups in total.